The summed E-state index contributed by atoms with van der Waals surface area (Å²) in [5.41, 5.74) is -0.210. The van der Waals surface area contributed by atoms with Crippen molar-refractivity contribution < 1.29 is 9.63 Å². The van der Waals surface area contributed by atoms with Gasteiger partial charge in [0.15, 0.2) is 0 Å². The molecule has 0 saturated heterocycles. The Hall–Kier alpha value is -2.07. The van der Waals surface area contributed by atoms with Crippen LogP contribution in [-0.4, -0.2) is 10.7 Å². The number of rotatable bonds is 2. The third kappa shape index (κ3) is 2.54. The van der Waals surface area contributed by atoms with Gasteiger partial charge in [-0.3, -0.25) is 4.79 Å². The Balaban J connectivity index is 2.27. The lowest BCUT2D eigenvalue weighted by Crippen LogP contribution is -2.29. The molecule has 4 nitrogen and oxygen atoms in total. The Morgan fingerprint density at radius 2 is 1.82 bits per heavy atom. The number of nitrogens with zero attached hydrogens (tertiary/aromatic N) is 1. The van der Waals surface area contributed by atoms with Crippen LogP contribution >= 0.6 is 11.6 Å². The summed E-state index contributed by atoms with van der Waals surface area (Å²) in [7, 11) is 0. The number of aromatic nitrogens is 1. The molecular weight excluding hydrogens is 242 g/mol. The normalized spacial score (nSPS) is 9.94. The van der Waals surface area contributed by atoms with Gasteiger partial charge in [0.25, 0.3) is 5.56 Å². The molecule has 0 atom stereocenters. The van der Waals surface area contributed by atoms with Crippen molar-refractivity contribution in [3.8, 4) is 0 Å². The Morgan fingerprint density at radius 3 is 2.53 bits per heavy atom. The number of carbonyl (C=O) groups is 1. The number of benzene rings is 1. The second-order valence-electron chi connectivity index (χ2n) is 3.22. The third-order valence-electron chi connectivity index (χ3n) is 2.06. The largest absolute Gasteiger partial charge is 0.365 e. The van der Waals surface area contributed by atoms with Crippen LogP contribution in [-0.2, 0) is 0 Å². The molecule has 0 saturated carbocycles. The van der Waals surface area contributed by atoms with Crippen LogP contribution in [0.2, 0.25) is 5.02 Å². The summed E-state index contributed by atoms with van der Waals surface area (Å²) in [6.07, 6.45) is 1.36. The Bertz CT molecular complexity index is 606. The van der Waals surface area contributed by atoms with Gasteiger partial charge in [0, 0.05) is 12.3 Å². The van der Waals surface area contributed by atoms with Gasteiger partial charge in [0.2, 0.25) is 0 Å². The number of hydrogen-bond acceptors (Lipinski definition) is 3. The zero-order valence-electron chi connectivity index (χ0n) is 8.67. The average molecular weight is 250 g/mol. The number of pyridine rings is 1. The van der Waals surface area contributed by atoms with Gasteiger partial charge >= 0.3 is 5.97 Å². The summed E-state index contributed by atoms with van der Waals surface area (Å²) in [6, 6.07) is 10.9. The molecule has 0 unspecified atom stereocenters. The third-order valence-corrected chi connectivity index (χ3v) is 2.39. The summed E-state index contributed by atoms with van der Waals surface area (Å²) in [5.74, 6) is -0.677. The Morgan fingerprint density at radius 1 is 1.12 bits per heavy atom. The maximum Gasteiger partial charge on any atom is 0.365 e. The molecule has 0 spiro atoms. The summed E-state index contributed by atoms with van der Waals surface area (Å²) < 4.78 is 0.853. The lowest BCUT2D eigenvalue weighted by molar-refractivity contribution is 0.0443. The van der Waals surface area contributed by atoms with Gasteiger partial charge < -0.3 is 4.84 Å². The number of carbonyl (C=O) groups excluding carboxylic acids is 1. The molecule has 0 radical (unpaired) electrons. The summed E-state index contributed by atoms with van der Waals surface area (Å²) in [6.45, 7) is 0. The van der Waals surface area contributed by atoms with E-state index in [4.69, 9.17) is 16.4 Å². The van der Waals surface area contributed by atoms with Crippen molar-refractivity contribution in [3.63, 3.8) is 0 Å². The van der Waals surface area contributed by atoms with Gasteiger partial charge in [0.05, 0.1) is 10.6 Å². The lowest BCUT2D eigenvalue weighted by atomic mass is 10.2. The zero-order valence-corrected chi connectivity index (χ0v) is 9.42. The van der Waals surface area contributed by atoms with E-state index in [0.717, 1.165) is 4.73 Å². The molecule has 1 aromatic carbocycles. The Kier molecular flexibility index (Phi) is 3.25. The first-order valence-corrected chi connectivity index (χ1v) is 5.21. The van der Waals surface area contributed by atoms with E-state index in [0.29, 0.717) is 0 Å². The molecule has 2 rings (SSSR count). The summed E-state index contributed by atoms with van der Waals surface area (Å²) in [4.78, 5) is 27.9. The van der Waals surface area contributed by atoms with Crippen LogP contribution in [0.3, 0.4) is 0 Å². The van der Waals surface area contributed by atoms with Gasteiger partial charge in [-0.1, -0.05) is 29.8 Å². The molecule has 0 aliphatic carbocycles. The van der Waals surface area contributed by atoms with Gasteiger partial charge in [-0.25, -0.2) is 4.79 Å². The minimum atomic E-state index is -0.677. The minimum absolute atomic E-state index is 0.213. The highest BCUT2D eigenvalue weighted by atomic mass is 35.5. The second kappa shape index (κ2) is 4.84. The zero-order chi connectivity index (χ0) is 12.3. The summed E-state index contributed by atoms with van der Waals surface area (Å²) in [5, 5.41) is 0.279. The number of hydrogen-bond donors (Lipinski definition) is 0. The van der Waals surface area contributed by atoms with E-state index in [1.165, 1.54) is 18.3 Å². The van der Waals surface area contributed by atoms with Crippen LogP contribution in [0.5, 0.6) is 0 Å². The molecule has 1 aromatic heterocycles. The quantitative estimate of drug-likeness (QED) is 0.815. The predicted molar refractivity (Wildman–Crippen MR) is 63.1 cm³/mol. The van der Waals surface area contributed by atoms with Crippen LogP contribution in [0.15, 0.2) is 53.5 Å². The van der Waals surface area contributed by atoms with Crippen LogP contribution in [0, 0.1) is 0 Å². The molecule has 5 heteroatoms. The molecular formula is C12H8ClNO3. The van der Waals surface area contributed by atoms with E-state index in [-0.39, 0.29) is 10.6 Å². The molecule has 0 aliphatic heterocycles. The van der Waals surface area contributed by atoms with Crippen molar-refractivity contribution in [3.05, 3.63) is 69.6 Å². The van der Waals surface area contributed by atoms with Crippen molar-refractivity contribution in [2.45, 2.75) is 0 Å². The van der Waals surface area contributed by atoms with Crippen molar-refractivity contribution in [2.75, 3.05) is 0 Å². The van der Waals surface area contributed by atoms with Crippen molar-refractivity contribution in [2.24, 2.45) is 0 Å². The maximum atomic E-state index is 11.7. The molecule has 0 bridgehead atoms. The topological polar surface area (TPSA) is 48.3 Å². The highest BCUT2D eigenvalue weighted by molar-refractivity contribution is 6.33. The molecule has 2 aromatic rings. The van der Waals surface area contributed by atoms with Crippen LogP contribution in [0.1, 0.15) is 10.4 Å². The molecule has 17 heavy (non-hydrogen) atoms. The van der Waals surface area contributed by atoms with E-state index in [1.807, 2.05) is 0 Å². The monoisotopic (exact) mass is 249 g/mol. The van der Waals surface area contributed by atoms with E-state index in [9.17, 15) is 9.59 Å². The smallest absolute Gasteiger partial charge is 0.328 e. The van der Waals surface area contributed by atoms with Gasteiger partial charge in [-0.05, 0) is 18.2 Å². The lowest BCUT2D eigenvalue weighted by Gasteiger charge is -2.06. The van der Waals surface area contributed by atoms with Gasteiger partial charge in [-0.15, -0.1) is 4.73 Å². The van der Waals surface area contributed by atoms with Crippen LogP contribution in [0.4, 0.5) is 0 Å². The SMILES string of the molecule is O=C(On1ccccc1=O)c1ccccc1Cl. The highest BCUT2D eigenvalue weighted by Crippen LogP contribution is 2.14. The highest BCUT2D eigenvalue weighted by Gasteiger charge is 2.12. The number of halogens is 1. The predicted octanol–water partition coefficient (Wildman–Crippen LogP) is 1.77. The van der Waals surface area contributed by atoms with E-state index in [1.54, 1.807) is 30.3 Å². The molecule has 0 fully saturated rings. The second-order valence-corrected chi connectivity index (χ2v) is 3.63. The van der Waals surface area contributed by atoms with E-state index < -0.39 is 11.5 Å². The van der Waals surface area contributed by atoms with Crippen molar-refractivity contribution in [1.29, 1.82) is 0 Å². The average Bonchev–Trinajstić information content (AvgIpc) is 2.32. The van der Waals surface area contributed by atoms with Crippen molar-refractivity contribution >= 4 is 17.6 Å². The fraction of sp³-hybridized carbons (Fsp3) is 0. The first kappa shape index (κ1) is 11.4. The molecule has 0 amide bonds. The summed E-state index contributed by atoms with van der Waals surface area (Å²) >= 11 is 5.84. The molecule has 1 heterocycles. The first-order valence-electron chi connectivity index (χ1n) is 4.83. The van der Waals surface area contributed by atoms with Gasteiger partial charge in [-0.2, -0.15) is 0 Å². The van der Waals surface area contributed by atoms with Crippen molar-refractivity contribution in [1.82, 2.24) is 4.73 Å². The Labute approximate surface area is 102 Å². The maximum absolute atomic E-state index is 11.7. The van der Waals surface area contributed by atoms with E-state index in [2.05, 4.69) is 0 Å². The van der Waals surface area contributed by atoms with Crippen LogP contribution in [0.25, 0.3) is 0 Å². The molecule has 0 aliphatic rings. The van der Waals surface area contributed by atoms with Gasteiger partial charge in [0.1, 0.15) is 0 Å². The standard InChI is InChI=1S/C12H8ClNO3/c13-10-6-2-1-5-9(10)12(16)17-14-8-4-3-7-11(14)15/h1-8H. The van der Waals surface area contributed by atoms with E-state index >= 15 is 0 Å². The fourth-order valence-electron chi connectivity index (χ4n) is 1.25. The first-order chi connectivity index (χ1) is 8.18. The molecule has 86 valence electrons. The molecule has 0 N–H and O–H groups in total. The minimum Gasteiger partial charge on any atom is -0.328 e. The fourth-order valence-corrected chi connectivity index (χ4v) is 1.47. The van der Waals surface area contributed by atoms with Crippen LogP contribution < -0.4 is 10.4 Å².